The largest absolute Gasteiger partial charge is 0.493 e. The summed E-state index contributed by atoms with van der Waals surface area (Å²) in [5.41, 5.74) is 2.51. The van der Waals surface area contributed by atoms with Crippen molar-refractivity contribution in [1.82, 2.24) is 0 Å². The Labute approximate surface area is 213 Å². The molecule has 0 N–H and O–H groups in total. The highest BCUT2D eigenvalue weighted by Crippen LogP contribution is 2.46. The first-order valence-electron chi connectivity index (χ1n) is 11.8. The van der Waals surface area contributed by atoms with Crippen molar-refractivity contribution in [2.75, 3.05) is 48.8 Å². The van der Waals surface area contributed by atoms with Gasteiger partial charge in [-0.25, -0.2) is 4.79 Å². The van der Waals surface area contributed by atoms with E-state index in [1.54, 1.807) is 48.5 Å². The van der Waals surface area contributed by atoms with Crippen LogP contribution in [0.1, 0.15) is 31.1 Å². The molecule has 0 saturated carbocycles. The number of methoxy groups -OCH3 is 5. The molecule has 3 atom stereocenters. The van der Waals surface area contributed by atoms with Crippen LogP contribution < -0.4 is 23.7 Å². The summed E-state index contributed by atoms with van der Waals surface area (Å²) in [6, 6.07) is 9.65. The molecular formula is C28H36O8. The lowest BCUT2D eigenvalue weighted by Gasteiger charge is -2.24. The third kappa shape index (κ3) is 5.87. The minimum absolute atomic E-state index is 0.0888. The maximum absolute atomic E-state index is 12.5. The Morgan fingerprint density at radius 2 is 1.56 bits per heavy atom. The first kappa shape index (κ1) is 27.2. The molecular weight excluding hydrogens is 464 g/mol. The van der Waals surface area contributed by atoms with Gasteiger partial charge in [0.05, 0.1) is 54.9 Å². The van der Waals surface area contributed by atoms with Crippen LogP contribution in [0, 0.1) is 11.8 Å². The maximum atomic E-state index is 12.5. The zero-order valence-electron chi connectivity index (χ0n) is 22.1. The number of ether oxygens (including phenoxy) is 7. The normalized spacial score (nSPS) is 19.5. The number of carbonyl (C=O) groups excluding carboxylic acids is 1. The van der Waals surface area contributed by atoms with Crippen LogP contribution in [0.2, 0.25) is 0 Å². The van der Waals surface area contributed by atoms with Gasteiger partial charge >= 0.3 is 5.97 Å². The zero-order valence-corrected chi connectivity index (χ0v) is 22.1. The highest BCUT2D eigenvalue weighted by atomic mass is 16.5. The molecule has 0 aliphatic carbocycles. The quantitative estimate of drug-likeness (QED) is 0.322. The fraction of sp³-hybridized carbons (Fsp3) is 0.464. The van der Waals surface area contributed by atoms with Gasteiger partial charge in [-0.3, -0.25) is 0 Å². The summed E-state index contributed by atoms with van der Waals surface area (Å²) in [6.07, 6.45) is 2.12. The Bertz CT molecular complexity index is 1050. The van der Waals surface area contributed by atoms with E-state index in [1.807, 2.05) is 37.3 Å². The molecule has 36 heavy (non-hydrogen) atoms. The monoisotopic (exact) mass is 500 g/mol. The SMILES string of the molecule is C/C=C(/C)C(=O)OC[C@H]1[C@@H](Cc2ccc(OC)c(OC)c2)CO[C@@H]1c1cc(OC)c(OC)c(OC)c1. The minimum Gasteiger partial charge on any atom is -0.493 e. The van der Waals surface area contributed by atoms with Gasteiger partial charge in [-0.05, 0) is 61.6 Å². The lowest BCUT2D eigenvalue weighted by Crippen LogP contribution is -2.24. The number of hydrogen-bond donors (Lipinski definition) is 0. The Hall–Kier alpha value is -3.39. The van der Waals surface area contributed by atoms with Gasteiger partial charge in [0, 0.05) is 11.5 Å². The van der Waals surface area contributed by atoms with E-state index in [2.05, 4.69) is 0 Å². The van der Waals surface area contributed by atoms with Gasteiger partial charge < -0.3 is 33.2 Å². The van der Waals surface area contributed by atoms with Gasteiger partial charge in [-0.2, -0.15) is 0 Å². The van der Waals surface area contributed by atoms with Crippen molar-refractivity contribution in [3.05, 3.63) is 53.1 Å². The fourth-order valence-electron chi connectivity index (χ4n) is 4.48. The van der Waals surface area contributed by atoms with Gasteiger partial charge in [-0.1, -0.05) is 12.1 Å². The molecule has 0 amide bonds. The van der Waals surface area contributed by atoms with Crippen molar-refractivity contribution in [3.8, 4) is 28.7 Å². The van der Waals surface area contributed by atoms with E-state index < -0.39 is 0 Å². The van der Waals surface area contributed by atoms with E-state index in [4.69, 9.17) is 33.2 Å². The molecule has 0 spiro atoms. The van der Waals surface area contributed by atoms with Gasteiger partial charge in [0.1, 0.15) is 0 Å². The summed E-state index contributed by atoms with van der Waals surface area (Å²) >= 11 is 0. The molecule has 0 aromatic heterocycles. The van der Waals surface area contributed by atoms with E-state index in [0.717, 1.165) is 11.1 Å². The van der Waals surface area contributed by atoms with E-state index in [1.165, 1.54) is 0 Å². The predicted octanol–water partition coefficient (Wildman–Crippen LogP) is 4.79. The lowest BCUT2D eigenvalue weighted by molar-refractivity contribution is -0.141. The van der Waals surface area contributed by atoms with Gasteiger partial charge in [0.2, 0.25) is 5.75 Å². The van der Waals surface area contributed by atoms with Gasteiger partial charge in [0.25, 0.3) is 0 Å². The average molecular weight is 501 g/mol. The second-order valence-corrected chi connectivity index (χ2v) is 8.60. The van der Waals surface area contributed by atoms with Crippen molar-refractivity contribution < 1.29 is 38.0 Å². The lowest BCUT2D eigenvalue weighted by atomic mass is 9.84. The third-order valence-corrected chi connectivity index (χ3v) is 6.61. The molecule has 8 heteroatoms. The fourth-order valence-corrected chi connectivity index (χ4v) is 4.48. The Morgan fingerprint density at radius 3 is 2.11 bits per heavy atom. The predicted molar refractivity (Wildman–Crippen MR) is 135 cm³/mol. The first-order valence-corrected chi connectivity index (χ1v) is 11.8. The minimum atomic E-state index is -0.335. The number of allylic oxidation sites excluding steroid dienone is 1. The molecule has 2 aromatic carbocycles. The second-order valence-electron chi connectivity index (χ2n) is 8.60. The molecule has 1 aliphatic rings. The smallest absolute Gasteiger partial charge is 0.333 e. The van der Waals surface area contributed by atoms with Gasteiger partial charge in [0.15, 0.2) is 23.0 Å². The van der Waals surface area contributed by atoms with Crippen LogP contribution >= 0.6 is 0 Å². The first-order chi connectivity index (χ1) is 17.4. The van der Waals surface area contributed by atoms with Crippen molar-refractivity contribution >= 4 is 5.97 Å². The molecule has 8 nitrogen and oxygen atoms in total. The number of hydrogen-bond acceptors (Lipinski definition) is 8. The van der Waals surface area contributed by atoms with Crippen LogP contribution in [0.15, 0.2) is 42.0 Å². The second kappa shape index (κ2) is 12.5. The van der Waals surface area contributed by atoms with Crippen LogP contribution in [-0.2, 0) is 20.7 Å². The molecule has 2 aromatic rings. The van der Waals surface area contributed by atoms with Crippen LogP contribution in [0.25, 0.3) is 0 Å². The van der Waals surface area contributed by atoms with E-state index in [0.29, 0.717) is 47.3 Å². The summed E-state index contributed by atoms with van der Waals surface area (Å²) < 4.78 is 39.5. The van der Waals surface area contributed by atoms with Crippen molar-refractivity contribution in [3.63, 3.8) is 0 Å². The molecule has 3 rings (SSSR count). The average Bonchev–Trinajstić information content (AvgIpc) is 3.31. The van der Waals surface area contributed by atoms with Gasteiger partial charge in [-0.15, -0.1) is 0 Å². The molecule has 1 heterocycles. The molecule has 0 unspecified atom stereocenters. The maximum Gasteiger partial charge on any atom is 0.333 e. The molecule has 0 radical (unpaired) electrons. The number of esters is 1. The van der Waals surface area contributed by atoms with Crippen molar-refractivity contribution in [1.29, 1.82) is 0 Å². The number of benzene rings is 2. The zero-order chi connectivity index (χ0) is 26.2. The summed E-state index contributed by atoms with van der Waals surface area (Å²) in [4.78, 5) is 12.5. The standard InChI is InChI=1S/C28H36O8/c1-8-17(2)28(29)36-16-21-20(11-18-9-10-22(30-3)23(12-18)31-4)15-35-26(21)19-13-24(32-5)27(34-7)25(14-19)33-6/h8-10,12-14,20-21,26H,11,15-16H2,1-7H3/b17-8-/t20-,21-,26+/m0/s1. The highest BCUT2D eigenvalue weighted by molar-refractivity contribution is 5.87. The Kier molecular flexibility index (Phi) is 9.47. The van der Waals surface area contributed by atoms with E-state index in [9.17, 15) is 4.79 Å². The molecule has 1 saturated heterocycles. The van der Waals surface area contributed by atoms with Crippen LogP contribution in [0.3, 0.4) is 0 Å². The van der Waals surface area contributed by atoms with E-state index >= 15 is 0 Å². The van der Waals surface area contributed by atoms with Crippen LogP contribution in [0.4, 0.5) is 0 Å². The summed E-state index contributed by atoms with van der Waals surface area (Å²) in [5.74, 6) is 2.58. The summed E-state index contributed by atoms with van der Waals surface area (Å²) in [7, 11) is 7.95. The summed E-state index contributed by atoms with van der Waals surface area (Å²) in [5, 5.41) is 0. The third-order valence-electron chi connectivity index (χ3n) is 6.61. The summed E-state index contributed by atoms with van der Waals surface area (Å²) in [6.45, 7) is 4.27. The molecule has 196 valence electrons. The Balaban J connectivity index is 1.94. The van der Waals surface area contributed by atoms with Crippen LogP contribution in [-0.4, -0.2) is 54.7 Å². The van der Waals surface area contributed by atoms with E-state index in [-0.39, 0.29) is 30.5 Å². The van der Waals surface area contributed by atoms with Crippen molar-refractivity contribution in [2.24, 2.45) is 11.8 Å². The highest BCUT2D eigenvalue weighted by Gasteiger charge is 2.40. The topological polar surface area (TPSA) is 81.7 Å². The van der Waals surface area contributed by atoms with Crippen LogP contribution in [0.5, 0.6) is 28.7 Å². The molecule has 1 fully saturated rings. The number of carbonyl (C=O) groups is 1. The number of rotatable bonds is 11. The molecule has 0 bridgehead atoms. The Morgan fingerprint density at radius 1 is 0.917 bits per heavy atom. The van der Waals surface area contributed by atoms with Crippen molar-refractivity contribution in [2.45, 2.75) is 26.4 Å². The molecule has 1 aliphatic heterocycles.